The van der Waals surface area contributed by atoms with Gasteiger partial charge in [0.1, 0.15) is 0 Å². The van der Waals surface area contributed by atoms with Crippen LogP contribution in [0.4, 0.5) is 5.69 Å². The number of hydrogen-bond acceptors (Lipinski definition) is 2. The maximum atomic E-state index is 12.3. The van der Waals surface area contributed by atoms with Crippen LogP contribution in [-0.2, 0) is 4.79 Å². The van der Waals surface area contributed by atoms with E-state index in [-0.39, 0.29) is 11.8 Å². The zero-order chi connectivity index (χ0) is 13.7. The van der Waals surface area contributed by atoms with Gasteiger partial charge in [0.2, 0.25) is 5.91 Å². The number of rotatable bonds is 3. The second-order valence-corrected chi connectivity index (χ2v) is 4.63. The average molecular weight is 258 g/mol. The molecule has 19 heavy (non-hydrogen) atoms. The number of nitrogens with one attached hydrogen (secondary N) is 1. The number of amides is 2. The van der Waals surface area contributed by atoms with Gasteiger partial charge in [0, 0.05) is 24.3 Å². The quantitative estimate of drug-likeness (QED) is 0.846. The molecule has 0 unspecified atom stereocenters. The van der Waals surface area contributed by atoms with Gasteiger partial charge in [-0.15, -0.1) is 0 Å². The third-order valence-corrected chi connectivity index (χ3v) is 3.21. The second kappa shape index (κ2) is 6.18. The third kappa shape index (κ3) is 3.44. The predicted octanol–water partition coefficient (Wildman–Crippen LogP) is 2.44. The summed E-state index contributed by atoms with van der Waals surface area (Å²) in [7, 11) is 0. The number of hydrogen-bond donors (Lipinski definition) is 1. The normalized spacial score (nSPS) is 14.8. The number of benzene rings is 1. The molecule has 4 heteroatoms. The molecule has 0 saturated carbocycles. The van der Waals surface area contributed by atoms with Crippen LogP contribution in [0.25, 0.3) is 0 Å². The Morgan fingerprint density at radius 2 is 1.95 bits per heavy atom. The zero-order valence-electron chi connectivity index (χ0n) is 10.9. The fourth-order valence-corrected chi connectivity index (χ4v) is 2.20. The van der Waals surface area contributed by atoms with Crippen molar-refractivity contribution in [3.8, 4) is 0 Å². The van der Waals surface area contributed by atoms with Crippen molar-refractivity contribution in [2.24, 2.45) is 0 Å². The van der Waals surface area contributed by atoms with Gasteiger partial charge in [-0.3, -0.25) is 9.59 Å². The molecule has 1 aliphatic rings. The van der Waals surface area contributed by atoms with E-state index in [0.717, 1.165) is 25.9 Å². The fraction of sp³-hybridized carbons (Fsp3) is 0.333. The van der Waals surface area contributed by atoms with Crippen LogP contribution in [-0.4, -0.2) is 29.8 Å². The van der Waals surface area contributed by atoms with Crippen LogP contribution >= 0.6 is 0 Å². The molecule has 0 aromatic heterocycles. The molecule has 1 heterocycles. The van der Waals surface area contributed by atoms with Crippen molar-refractivity contribution in [3.05, 3.63) is 42.5 Å². The summed E-state index contributed by atoms with van der Waals surface area (Å²) < 4.78 is 0. The predicted molar refractivity (Wildman–Crippen MR) is 75.0 cm³/mol. The molecule has 2 amide bonds. The lowest BCUT2D eigenvalue weighted by Gasteiger charge is -2.26. The van der Waals surface area contributed by atoms with Crippen LogP contribution in [0.3, 0.4) is 0 Å². The van der Waals surface area contributed by atoms with Gasteiger partial charge < -0.3 is 10.2 Å². The number of anilines is 1. The van der Waals surface area contributed by atoms with Crippen LogP contribution in [0.5, 0.6) is 0 Å². The minimum absolute atomic E-state index is 0.0365. The van der Waals surface area contributed by atoms with E-state index >= 15 is 0 Å². The number of carbonyl (C=O) groups is 2. The van der Waals surface area contributed by atoms with Gasteiger partial charge in [0.05, 0.1) is 0 Å². The first-order valence-corrected chi connectivity index (χ1v) is 6.53. The van der Waals surface area contributed by atoms with Gasteiger partial charge in [-0.2, -0.15) is 0 Å². The van der Waals surface area contributed by atoms with E-state index in [1.807, 2.05) is 4.90 Å². The number of nitrogens with zero attached hydrogens (tertiary/aromatic N) is 1. The minimum atomic E-state index is -0.275. The highest BCUT2D eigenvalue weighted by Crippen LogP contribution is 2.16. The van der Waals surface area contributed by atoms with E-state index in [4.69, 9.17) is 0 Å². The van der Waals surface area contributed by atoms with E-state index in [1.165, 1.54) is 12.5 Å². The van der Waals surface area contributed by atoms with Crippen molar-refractivity contribution >= 4 is 17.5 Å². The van der Waals surface area contributed by atoms with Crippen molar-refractivity contribution in [2.75, 3.05) is 18.4 Å². The molecule has 1 aliphatic heterocycles. The Bertz CT molecular complexity index is 491. The Labute approximate surface area is 113 Å². The molecular formula is C15H18N2O2. The Balaban J connectivity index is 2.11. The molecule has 0 radical (unpaired) electrons. The maximum absolute atomic E-state index is 12.3. The second-order valence-electron chi connectivity index (χ2n) is 4.63. The molecule has 1 saturated heterocycles. The Morgan fingerprint density at radius 1 is 1.21 bits per heavy atom. The highest BCUT2D eigenvalue weighted by Gasteiger charge is 2.18. The third-order valence-electron chi connectivity index (χ3n) is 3.21. The average Bonchev–Trinajstić information content (AvgIpc) is 2.47. The SMILES string of the molecule is C=CC(=O)Nc1cccc(C(=O)N2CCCCC2)c1. The molecule has 0 atom stereocenters. The van der Waals surface area contributed by atoms with Crippen molar-refractivity contribution in [3.63, 3.8) is 0 Å². The maximum Gasteiger partial charge on any atom is 0.253 e. The molecule has 0 bridgehead atoms. The molecule has 2 rings (SSSR count). The van der Waals surface area contributed by atoms with Crippen LogP contribution in [0.2, 0.25) is 0 Å². The van der Waals surface area contributed by atoms with Gasteiger partial charge in [-0.05, 0) is 43.5 Å². The lowest BCUT2D eigenvalue weighted by Crippen LogP contribution is -2.35. The summed E-state index contributed by atoms with van der Waals surface area (Å²) in [6.45, 7) is 5.04. The molecular weight excluding hydrogens is 240 g/mol. The van der Waals surface area contributed by atoms with E-state index in [0.29, 0.717) is 11.3 Å². The molecule has 1 aromatic carbocycles. The van der Waals surface area contributed by atoms with Crippen LogP contribution in [0.15, 0.2) is 36.9 Å². The first-order valence-electron chi connectivity index (χ1n) is 6.53. The summed E-state index contributed by atoms with van der Waals surface area (Å²) in [5, 5.41) is 2.66. The lowest BCUT2D eigenvalue weighted by atomic mass is 10.1. The molecule has 100 valence electrons. The highest BCUT2D eigenvalue weighted by molar-refractivity contribution is 6.00. The molecule has 0 spiro atoms. The number of likely N-dealkylation sites (tertiary alicyclic amines) is 1. The molecule has 4 nitrogen and oxygen atoms in total. The first kappa shape index (κ1) is 13.3. The molecule has 1 fully saturated rings. The summed E-state index contributed by atoms with van der Waals surface area (Å²) >= 11 is 0. The van der Waals surface area contributed by atoms with E-state index in [1.54, 1.807) is 24.3 Å². The minimum Gasteiger partial charge on any atom is -0.339 e. The van der Waals surface area contributed by atoms with Crippen molar-refractivity contribution < 1.29 is 9.59 Å². The number of piperidine rings is 1. The molecule has 0 aliphatic carbocycles. The van der Waals surface area contributed by atoms with Crippen molar-refractivity contribution in [2.45, 2.75) is 19.3 Å². The smallest absolute Gasteiger partial charge is 0.253 e. The van der Waals surface area contributed by atoms with Gasteiger partial charge in [0.25, 0.3) is 5.91 Å². The van der Waals surface area contributed by atoms with Crippen LogP contribution in [0, 0.1) is 0 Å². The van der Waals surface area contributed by atoms with E-state index in [9.17, 15) is 9.59 Å². The van der Waals surface area contributed by atoms with Crippen LogP contribution in [0.1, 0.15) is 29.6 Å². The standard InChI is InChI=1S/C15H18N2O2/c1-2-14(18)16-13-8-6-7-12(11-13)15(19)17-9-4-3-5-10-17/h2,6-8,11H,1,3-5,9-10H2,(H,16,18). The first-order chi connectivity index (χ1) is 9.20. The van der Waals surface area contributed by atoms with Gasteiger partial charge in [-0.25, -0.2) is 0 Å². The summed E-state index contributed by atoms with van der Waals surface area (Å²) in [6, 6.07) is 7.02. The Morgan fingerprint density at radius 3 is 2.63 bits per heavy atom. The Hall–Kier alpha value is -2.10. The summed E-state index contributed by atoms with van der Waals surface area (Å²) in [4.78, 5) is 25.4. The van der Waals surface area contributed by atoms with Crippen molar-refractivity contribution in [1.29, 1.82) is 0 Å². The fourth-order valence-electron chi connectivity index (χ4n) is 2.20. The molecule has 1 aromatic rings. The van der Waals surface area contributed by atoms with Gasteiger partial charge in [0.15, 0.2) is 0 Å². The van der Waals surface area contributed by atoms with Crippen LogP contribution < -0.4 is 5.32 Å². The van der Waals surface area contributed by atoms with Crippen molar-refractivity contribution in [1.82, 2.24) is 4.90 Å². The lowest BCUT2D eigenvalue weighted by molar-refractivity contribution is -0.111. The topological polar surface area (TPSA) is 49.4 Å². The molecule has 1 N–H and O–H groups in total. The summed E-state index contributed by atoms with van der Waals surface area (Å²) in [6.07, 6.45) is 4.54. The summed E-state index contributed by atoms with van der Waals surface area (Å²) in [5.41, 5.74) is 1.23. The number of carbonyl (C=O) groups excluding carboxylic acids is 2. The largest absolute Gasteiger partial charge is 0.339 e. The van der Waals surface area contributed by atoms with Gasteiger partial charge >= 0.3 is 0 Å². The monoisotopic (exact) mass is 258 g/mol. The highest BCUT2D eigenvalue weighted by atomic mass is 16.2. The summed E-state index contributed by atoms with van der Waals surface area (Å²) in [5.74, 6) is -0.239. The van der Waals surface area contributed by atoms with E-state index in [2.05, 4.69) is 11.9 Å². The van der Waals surface area contributed by atoms with Gasteiger partial charge in [-0.1, -0.05) is 12.6 Å². The van der Waals surface area contributed by atoms with E-state index < -0.39 is 0 Å². The Kier molecular flexibility index (Phi) is 4.34. The zero-order valence-corrected chi connectivity index (χ0v) is 10.9.